The summed E-state index contributed by atoms with van der Waals surface area (Å²) < 4.78 is 5.05. The topological polar surface area (TPSA) is 172 Å². The molecule has 13 heteroatoms. The van der Waals surface area contributed by atoms with E-state index in [4.69, 9.17) is 15.6 Å². The minimum atomic E-state index is -1.30. The summed E-state index contributed by atoms with van der Waals surface area (Å²) in [6.07, 6.45) is 0.763. The molecule has 0 unspecified atom stereocenters. The first kappa shape index (κ1) is 20.7. The van der Waals surface area contributed by atoms with Gasteiger partial charge in [-0.05, 0) is 0 Å². The van der Waals surface area contributed by atoms with Gasteiger partial charge in [0.05, 0.1) is 30.6 Å². The van der Waals surface area contributed by atoms with Gasteiger partial charge in [0.25, 0.3) is 11.8 Å². The summed E-state index contributed by atoms with van der Waals surface area (Å²) in [5.41, 5.74) is 5.50. The highest BCUT2D eigenvalue weighted by atomic mass is 32.2. The number of amides is 2. The number of fused-ring (bicyclic) bond motifs is 1. The molecule has 0 aliphatic carbocycles. The zero-order chi connectivity index (χ0) is 21.3. The van der Waals surface area contributed by atoms with Gasteiger partial charge < -0.3 is 26.0 Å². The van der Waals surface area contributed by atoms with Crippen LogP contribution in [0.5, 0.6) is 0 Å². The van der Waals surface area contributed by atoms with E-state index < -0.39 is 41.6 Å². The molecule has 2 atom stereocenters. The summed E-state index contributed by atoms with van der Waals surface area (Å²) >= 11 is 2.33. The number of hydrogen-bond acceptors (Lipinski definition) is 9. The number of carboxylic acids is 2. The molecule has 1 aromatic rings. The molecule has 0 bridgehead atoms. The van der Waals surface area contributed by atoms with E-state index in [0.717, 1.165) is 16.2 Å². The summed E-state index contributed by atoms with van der Waals surface area (Å²) in [5, 5.41) is 21.9. The average molecular weight is 440 g/mol. The van der Waals surface area contributed by atoms with Crippen LogP contribution in [-0.2, 0) is 23.9 Å². The first-order valence-electron chi connectivity index (χ1n) is 8.13. The van der Waals surface area contributed by atoms with E-state index in [1.807, 2.05) is 0 Å². The number of carbonyl (C=O) groups is 4. The molecule has 2 amide bonds. The Balaban J connectivity index is 1.81. The number of rotatable bonds is 7. The van der Waals surface area contributed by atoms with Crippen LogP contribution in [0.2, 0.25) is 0 Å². The van der Waals surface area contributed by atoms with E-state index in [1.165, 1.54) is 30.3 Å². The first-order chi connectivity index (χ1) is 13.7. The highest BCUT2D eigenvalue weighted by Crippen LogP contribution is 2.40. The minimum Gasteiger partial charge on any atom is -0.498 e. The molecule has 0 radical (unpaired) electrons. The number of aromatic nitrogens is 1. The number of β-lactam (4-membered cyclic amide) rings is 1. The number of carboxylic acid groups (broad SMARTS) is 2. The maximum Gasteiger partial charge on any atom is 0.356 e. The molecule has 0 aromatic carbocycles. The van der Waals surface area contributed by atoms with Crippen LogP contribution in [0.3, 0.4) is 0 Å². The standard InChI is InChI=1S/C16H16N4O7S2/c1-27-8-5-28-14-10(13(24)20(14)11(8)15(25)26)19-12(23)6(2-3-9(21)22)7-4-29-16(17)18-7/h2,4,10,14H,3,5H2,1H3,(H2,17,18)(H,19,23)(H,21,22)(H,25,26)/b6-2+/t10-,14-/m1/s1. The van der Waals surface area contributed by atoms with Crippen LogP contribution in [0.25, 0.3) is 5.57 Å². The Morgan fingerprint density at radius 3 is 2.72 bits per heavy atom. The zero-order valence-electron chi connectivity index (χ0n) is 14.9. The molecule has 154 valence electrons. The highest BCUT2D eigenvalue weighted by molar-refractivity contribution is 8.00. The van der Waals surface area contributed by atoms with Crippen LogP contribution in [0.1, 0.15) is 12.1 Å². The third-order valence-corrected chi connectivity index (χ3v) is 6.12. The summed E-state index contributed by atoms with van der Waals surface area (Å²) in [4.78, 5) is 52.8. The van der Waals surface area contributed by atoms with Crippen LogP contribution in [0.4, 0.5) is 5.13 Å². The van der Waals surface area contributed by atoms with Crippen molar-refractivity contribution in [2.75, 3.05) is 18.6 Å². The van der Waals surface area contributed by atoms with Crippen molar-refractivity contribution in [3.05, 3.63) is 28.6 Å². The fourth-order valence-corrected chi connectivity index (χ4v) is 4.76. The second-order valence-electron chi connectivity index (χ2n) is 5.93. The fraction of sp³-hybridized carbons (Fsp3) is 0.312. The molecule has 1 fully saturated rings. The van der Waals surface area contributed by atoms with Crippen molar-refractivity contribution < 1.29 is 34.1 Å². The molecule has 3 rings (SSSR count). The predicted octanol–water partition coefficient (Wildman–Crippen LogP) is -0.0741. The number of anilines is 1. The van der Waals surface area contributed by atoms with E-state index in [2.05, 4.69) is 10.3 Å². The van der Waals surface area contributed by atoms with E-state index in [9.17, 15) is 24.3 Å². The molecule has 0 spiro atoms. The van der Waals surface area contributed by atoms with Crippen molar-refractivity contribution in [1.29, 1.82) is 0 Å². The molecular formula is C16H16N4O7S2. The highest BCUT2D eigenvalue weighted by Gasteiger charge is 2.54. The van der Waals surface area contributed by atoms with Gasteiger partial charge >= 0.3 is 11.9 Å². The number of nitrogen functional groups attached to an aromatic ring is 1. The quantitative estimate of drug-likeness (QED) is 0.332. The van der Waals surface area contributed by atoms with Gasteiger partial charge in [-0.3, -0.25) is 19.3 Å². The van der Waals surface area contributed by atoms with Crippen LogP contribution >= 0.6 is 23.1 Å². The molecule has 3 heterocycles. The maximum atomic E-state index is 12.7. The number of aliphatic carboxylic acids is 2. The van der Waals surface area contributed by atoms with E-state index >= 15 is 0 Å². The van der Waals surface area contributed by atoms with Crippen LogP contribution in [0, 0.1) is 0 Å². The van der Waals surface area contributed by atoms with Crippen molar-refractivity contribution in [3.8, 4) is 0 Å². The second kappa shape index (κ2) is 8.13. The monoisotopic (exact) mass is 440 g/mol. The summed E-state index contributed by atoms with van der Waals surface area (Å²) in [7, 11) is 1.32. The largest absolute Gasteiger partial charge is 0.498 e. The molecule has 2 aliphatic heterocycles. The smallest absolute Gasteiger partial charge is 0.356 e. The molecule has 5 N–H and O–H groups in total. The lowest BCUT2D eigenvalue weighted by Gasteiger charge is -2.48. The molecule has 29 heavy (non-hydrogen) atoms. The van der Waals surface area contributed by atoms with Gasteiger partial charge in [-0.15, -0.1) is 23.1 Å². The number of thioether (sulfide) groups is 1. The van der Waals surface area contributed by atoms with Crippen molar-refractivity contribution >= 4 is 57.6 Å². The number of methoxy groups -OCH3 is 1. The predicted molar refractivity (Wildman–Crippen MR) is 103 cm³/mol. The summed E-state index contributed by atoms with van der Waals surface area (Å²) in [5.74, 6) is -3.35. The lowest BCUT2D eigenvalue weighted by Crippen LogP contribution is -2.70. The number of hydrogen-bond donors (Lipinski definition) is 4. The maximum absolute atomic E-state index is 12.7. The minimum absolute atomic E-state index is 0.0287. The molecule has 1 saturated heterocycles. The molecule has 11 nitrogen and oxygen atoms in total. The normalized spacial score (nSPS) is 21.3. The van der Waals surface area contributed by atoms with Gasteiger partial charge in [0.1, 0.15) is 17.2 Å². The number of ether oxygens (including phenoxy) is 1. The third kappa shape index (κ3) is 3.91. The molecule has 1 aromatic heterocycles. The Hall–Kier alpha value is -3.06. The SMILES string of the molecule is COC1=C(C(=O)O)N2C(=O)[C@@H](NC(=O)/C(=C/CC(=O)O)c3csc(N)n3)[C@H]2SC1. The Labute approximate surface area is 172 Å². The van der Waals surface area contributed by atoms with E-state index in [-0.39, 0.29) is 33.6 Å². The molecule has 0 saturated carbocycles. The Morgan fingerprint density at radius 1 is 1.45 bits per heavy atom. The summed E-state index contributed by atoms with van der Waals surface area (Å²) in [6.45, 7) is 0. The lowest BCUT2D eigenvalue weighted by atomic mass is 10.0. The number of carbonyl (C=O) groups excluding carboxylic acids is 2. The van der Waals surface area contributed by atoms with E-state index in [1.54, 1.807) is 0 Å². The number of thiazole rings is 1. The van der Waals surface area contributed by atoms with Gasteiger partial charge in [0.2, 0.25) is 0 Å². The first-order valence-corrected chi connectivity index (χ1v) is 10.1. The van der Waals surface area contributed by atoms with Crippen LogP contribution in [-0.4, -0.2) is 68.1 Å². The molecule has 2 aliphatic rings. The summed E-state index contributed by atoms with van der Waals surface area (Å²) in [6, 6.07) is -0.968. The Bertz CT molecular complexity index is 955. The van der Waals surface area contributed by atoms with Gasteiger partial charge in [0.15, 0.2) is 10.8 Å². The Kier molecular flexibility index (Phi) is 5.79. The zero-order valence-corrected chi connectivity index (χ0v) is 16.6. The van der Waals surface area contributed by atoms with Crippen molar-refractivity contribution in [2.45, 2.75) is 17.8 Å². The number of nitrogens with one attached hydrogen (secondary N) is 1. The Morgan fingerprint density at radius 2 is 2.17 bits per heavy atom. The van der Waals surface area contributed by atoms with E-state index in [0.29, 0.717) is 0 Å². The number of nitrogens with two attached hydrogens (primary N) is 1. The van der Waals surface area contributed by atoms with Crippen molar-refractivity contribution in [3.63, 3.8) is 0 Å². The van der Waals surface area contributed by atoms with Crippen molar-refractivity contribution in [1.82, 2.24) is 15.2 Å². The van der Waals surface area contributed by atoms with Crippen LogP contribution < -0.4 is 11.1 Å². The van der Waals surface area contributed by atoms with Crippen molar-refractivity contribution in [2.24, 2.45) is 0 Å². The molecular weight excluding hydrogens is 424 g/mol. The second-order valence-corrected chi connectivity index (χ2v) is 7.92. The van der Waals surface area contributed by atoms with Gasteiger partial charge in [-0.2, -0.15) is 0 Å². The lowest BCUT2D eigenvalue weighted by molar-refractivity contribution is -0.150. The average Bonchev–Trinajstić information content (AvgIpc) is 3.10. The van der Waals surface area contributed by atoms with Gasteiger partial charge in [-0.25, -0.2) is 9.78 Å². The van der Waals surface area contributed by atoms with Gasteiger partial charge in [-0.1, -0.05) is 6.08 Å². The van der Waals surface area contributed by atoms with Crippen LogP contribution in [0.15, 0.2) is 22.9 Å². The van der Waals surface area contributed by atoms with Gasteiger partial charge in [0, 0.05) is 5.38 Å². The third-order valence-electron chi connectivity index (χ3n) is 4.19. The fourth-order valence-electron chi connectivity index (χ4n) is 2.88. The number of nitrogens with zero attached hydrogens (tertiary/aromatic N) is 2.